The smallest absolute Gasteiger partial charge is 0.341 e. The number of aromatic nitrogens is 4. The van der Waals surface area contributed by atoms with Gasteiger partial charge >= 0.3 is 5.97 Å². The number of hydrogen-bond donors (Lipinski definition) is 0. The predicted octanol–water partition coefficient (Wildman–Crippen LogP) is 0.842. The molecule has 0 N–H and O–H groups in total. The summed E-state index contributed by atoms with van der Waals surface area (Å²) in [5.41, 5.74) is 1.31. The number of esters is 1. The highest BCUT2D eigenvalue weighted by Crippen LogP contribution is 2.11. The molecule has 0 saturated heterocycles. The Balaban J connectivity index is 2.26. The van der Waals surface area contributed by atoms with Gasteiger partial charge in [-0.2, -0.15) is 5.10 Å². The molecule has 2 heterocycles. The zero-order chi connectivity index (χ0) is 12.3. The van der Waals surface area contributed by atoms with Crippen molar-refractivity contribution < 1.29 is 9.53 Å². The molecule has 90 valence electrons. The van der Waals surface area contributed by atoms with E-state index in [1.165, 1.54) is 6.20 Å². The van der Waals surface area contributed by atoms with Crippen LogP contribution in [-0.2, 0) is 18.3 Å². The van der Waals surface area contributed by atoms with Crippen LogP contribution in [0.4, 0.5) is 0 Å². The van der Waals surface area contributed by atoms with Gasteiger partial charge in [-0.15, -0.1) is 0 Å². The van der Waals surface area contributed by atoms with E-state index in [2.05, 4.69) is 10.1 Å². The maximum absolute atomic E-state index is 11.7. The summed E-state index contributed by atoms with van der Waals surface area (Å²) in [4.78, 5) is 15.7. The minimum absolute atomic E-state index is 0.337. The van der Waals surface area contributed by atoms with E-state index in [9.17, 15) is 4.79 Å². The third-order valence-electron chi connectivity index (χ3n) is 2.45. The van der Waals surface area contributed by atoms with E-state index in [4.69, 9.17) is 4.74 Å². The highest BCUT2D eigenvalue weighted by atomic mass is 16.5. The van der Waals surface area contributed by atoms with Gasteiger partial charge in [0.1, 0.15) is 5.56 Å². The second-order valence-corrected chi connectivity index (χ2v) is 3.58. The van der Waals surface area contributed by atoms with Crippen LogP contribution in [0.3, 0.4) is 0 Å². The first-order valence-electron chi connectivity index (χ1n) is 5.36. The molecule has 0 amide bonds. The summed E-state index contributed by atoms with van der Waals surface area (Å²) in [6.07, 6.45) is 6.76. The third-order valence-corrected chi connectivity index (χ3v) is 2.45. The Bertz CT molecular complexity index is 502. The molecule has 0 saturated carbocycles. The molecule has 0 atom stereocenters. The third kappa shape index (κ3) is 2.35. The Hall–Kier alpha value is -2.11. The first-order valence-corrected chi connectivity index (χ1v) is 5.36. The normalized spacial score (nSPS) is 10.5. The number of rotatable bonds is 4. The van der Waals surface area contributed by atoms with Gasteiger partial charge in [-0.25, -0.2) is 9.78 Å². The van der Waals surface area contributed by atoms with Crippen molar-refractivity contribution in [3.63, 3.8) is 0 Å². The van der Waals surface area contributed by atoms with Crippen LogP contribution >= 0.6 is 0 Å². The number of carbonyl (C=O) groups is 1. The molecule has 6 nitrogen and oxygen atoms in total. The Labute approximate surface area is 98.8 Å². The van der Waals surface area contributed by atoms with Gasteiger partial charge in [-0.05, 0) is 6.92 Å². The van der Waals surface area contributed by atoms with Crippen molar-refractivity contribution >= 4 is 5.97 Å². The Morgan fingerprint density at radius 2 is 2.35 bits per heavy atom. The van der Waals surface area contributed by atoms with E-state index in [0.29, 0.717) is 18.7 Å². The van der Waals surface area contributed by atoms with Crippen molar-refractivity contribution in [1.29, 1.82) is 0 Å². The topological polar surface area (TPSA) is 61.9 Å². The molecule has 0 spiro atoms. The van der Waals surface area contributed by atoms with Crippen molar-refractivity contribution in [2.75, 3.05) is 6.61 Å². The average molecular weight is 234 g/mol. The maximum Gasteiger partial charge on any atom is 0.341 e. The minimum Gasteiger partial charge on any atom is -0.462 e. The number of aryl methyl sites for hydroxylation is 1. The molecule has 0 aliphatic carbocycles. The number of nitrogens with zero attached hydrogens (tertiary/aromatic N) is 4. The highest BCUT2D eigenvalue weighted by Gasteiger charge is 2.17. The van der Waals surface area contributed by atoms with Gasteiger partial charge in [-0.3, -0.25) is 4.68 Å². The van der Waals surface area contributed by atoms with Gasteiger partial charge in [0.05, 0.1) is 31.4 Å². The number of imidazole rings is 1. The van der Waals surface area contributed by atoms with Gasteiger partial charge in [0.15, 0.2) is 0 Å². The van der Waals surface area contributed by atoms with Gasteiger partial charge < -0.3 is 9.30 Å². The summed E-state index contributed by atoms with van der Waals surface area (Å²) in [6.45, 7) is 2.69. The van der Waals surface area contributed by atoms with Crippen molar-refractivity contribution in [1.82, 2.24) is 19.3 Å². The second-order valence-electron chi connectivity index (χ2n) is 3.58. The second kappa shape index (κ2) is 4.82. The summed E-state index contributed by atoms with van der Waals surface area (Å²) in [7, 11) is 1.80. The molecule has 2 aromatic heterocycles. The molecular formula is C11H14N4O2. The maximum atomic E-state index is 11.7. The fraction of sp³-hybridized carbons (Fsp3) is 0.364. The number of hydrogen-bond acceptors (Lipinski definition) is 4. The Morgan fingerprint density at radius 1 is 1.53 bits per heavy atom. The summed E-state index contributed by atoms with van der Waals surface area (Å²) in [5, 5.41) is 4.08. The summed E-state index contributed by atoms with van der Waals surface area (Å²) in [6, 6.07) is 0. The van der Waals surface area contributed by atoms with Crippen molar-refractivity contribution in [2.45, 2.75) is 13.5 Å². The molecule has 2 rings (SSSR count). The predicted molar refractivity (Wildman–Crippen MR) is 60.5 cm³/mol. The Morgan fingerprint density at radius 3 is 3.00 bits per heavy atom. The molecule has 17 heavy (non-hydrogen) atoms. The van der Waals surface area contributed by atoms with E-state index < -0.39 is 0 Å². The van der Waals surface area contributed by atoms with Crippen LogP contribution in [0.5, 0.6) is 0 Å². The lowest BCUT2D eigenvalue weighted by Crippen LogP contribution is -2.11. The van der Waals surface area contributed by atoms with Gasteiger partial charge in [0, 0.05) is 19.4 Å². The zero-order valence-corrected chi connectivity index (χ0v) is 9.83. The Kier molecular flexibility index (Phi) is 3.22. The van der Waals surface area contributed by atoms with E-state index >= 15 is 0 Å². The van der Waals surface area contributed by atoms with E-state index in [1.54, 1.807) is 31.2 Å². The van der Waals surface area contributed by atoms with Crippen molar-refractivity contribution in [3.05, 3.63) is 36.2 Å². The summed E-state index contributed by atoms with van der Waals surface area (Å²) < 4.78 is 8.53. The number of ether oxygens (including phenoxy) is 1. The highest BCUT2D eigenvalue weighted by molar-refractivity contribution is 5.90. The SMILES string of the molecule is CCOC(=O)c1cnn(C)c1Cn1ccnc1. The zero-order valence-electron chi connectivity index (χ0n) is 9.83. The molecule has 0 aromatic carbocycles. The van der Waals surface area contributed by atoms with Gasteiger partial charge in [-0.1, -0.05) is 0 Å². The van der Waals surface area contributed by atoms with Crippen LogP contribution in [0.1, 0.15) is 23.0 Å². The molecule has 0 bridgehead atoms. The molecule has 0 fully saturated rings. The van der Waals surface area contributed by atoms with Crippen LogP contribution in [0.2, 0.25) is 0 Å². The van der Waals surface area contributed by atoms with Crippen LogP contribution < -0.4 is 0 Å². The summed E-state index contributed by atoms with van der Waals surface area (Å²) >= 11 is 0. The molecule has 2 aromatic rings. The van der Waals surface area contributed by atoms with Crippen molar-refractivity contribution in [2.24, 2.45) is 7.05 Å². The lowest BCUT2D eigenvalue weighted by Gasteiger charge is -2.06. The monoisotopic (exact) mass is 234 g/mol. The molecule has 6 heteroatoms. The van der Waals surface area contributed by atoms with Crippen LogP contribution in [0.15, 0.2) is 24.9 Å². The molecule has 0 unspecified atom stereocenters. The standard InChI is InChI=1S/C11H14N4O2/c1-3-17-11(16)9-6-13-14(2)10(9)7-15-5-4-12-8-15/h4-6,8H,3,7H2,1-2H3. The molecule has 0 aliphatic rings. The fourth-order valence-electron chi connectivity index (χ4n) is 1.58. The lowest BCUT2D eigenvalue weighted by molar-refractivity contribution is 0.0525. The van der Waals surface area contributed by atoms with Crippen LogP contribution in [0.25, 0.3) is 0 Å². The van der Waals surface area contributed by atoms with Gasteiger partial charge in [0.2, 0.25) is 0 Å². The molecular weight excluding hydrogens is 220 g/mol. The van der Waals surface area contributed by atoms with E-state index in [1.807, 2.05) is 10.8 Å². The lowest BCUT2D eigenvalue weighted by atomic mass is 10.2. The van der Waals surface area contributed by atoms with Crippen LogP contribution in [-0.4, -0.2) is 31.9 Å². The van der Waals surface area contributed by atoms with E-state index in [0.717, 1.165) is 5.69 Å². The average Bonchev–Trinajstić information content (AvgIpc) is 2.91. The molecule has 0 radical (unpaired) electrons. The first-order chi connectivity index (χ1) is 8.22. The quantitative estimate of drug-likeness (QED) is 0.735. The van der Waals surface area contributed by atoms with E-state index in [-0.39, 0.29) is 5.97 Å². The van der Waals surface area contributed by atoms with Gasteiger partial charge in [0.25, 0.3) is 0 Å². The minimum atomic E-state index is -0.337. The number of carbonyl (C=O) groups excluding carboxylic acids is 1. The first kappa shape index (κ1) is 11.4. The largest absolute Gasteiger partial charge is 0.462 e. The fourth-order valence-corrected chi connectivity index (χ4v) is 1.58. The van der Waals surface area contributed by atoms with Crippen LogP contribution in [0, 0.1) is 0 Å². The molecule has 0 aliphatic heterocycles. The van der Waals surface area contributed by atoms with Crippen molar-refractivity contribution in [3.8, 4) is 0 Å². The summed E-state index contributed by atoms with van der Waals surface area (Å²) in [5.74, 6) is -0.337.